The summed E-state index contributed by atoms with van der Waals surface area (Å²) in [6.45, 7) is 10.6. The van der Waals surface area contributed by atoms with E-state index in [1.807, 2.05) is 27.7 Å². The first-order valence-corrected chi connectivity index (χ1v) is 9.46. The summed E-state index contributed by atoms with van der Waals surface area (Å²) in [6.07, 6.45) is 0.395. The Kier molecular flexibility index (Phi) is 7.46. The van der Waals surface area contributed by atoms with Crippen LogP contribution in [0, 0.1) is 5.92 Å². The lowest BCUT2D eigenvalue weighted by Crippen LogP contribution is -2.42. The van der Waals surface area contributed by atoms with Crippen LogP contribution in [0.2, 0.25) is 0 Å². The number of rotatable bonds is 8. The van der Waals surface area contributed by atoms with Gasteiger partial charge in [-0.1, -0.05) is 20.3 Å². The highest BCUT2D eigenvalue weighted by atomic mass is 32.2. The molecule has 2 N–H and O–H groups in total. The Balaban J connectivity index is 2.59. The van der Waals surface area contributed by atoms with Gasteiger partial charge in [0.05, 0.1) is 31.2 Å². The Bertz CT molecular complexity index is 360. The minimum atomic E-state index is -1.15. The van der Waals surface area contributed by atoms with Crippen LogP contribution in [0.15, 0.2) is 0 Å². The van der Waals surface area contributed by atoms with Crippen molar-refractivity contribution in [2.75, 3.05) is 19.0 Å². The first-order valence-electron chi connectivity index (χ1n) is 8.14. The average molecular weight is 336 g/mol. The molecule has 0 aromatic heterocycles. The van der Waals surface area contributed by atoms with Crippen LogP contribution in [-0.4, -0.2) is 56.1 Å². The fourth-order valence-corrected chi connectivity index (χ4v) is 3.67. The summed E-state index contributed by atoms with van der Waals surface area (Å²) in [4.78, 5) is 0. The zero-order chi connectivity index (χ0) is 17.0. The molecule has 0 aromatic rings. The van der Waals surface area contributed by atoms with Crippen molar-refractivity contribution in [2.45, 2.75) is 76.6 Å². The van der Waals surface area contributed by atoms with Gasteiger partial charge in [-0.05, 0) is 20.8 Å². The Morgan fingerprint density at radius 2 is 1.73 bits per heavy atom. The molecule has 0 bridgehead atoms. The van der Waals surface area contributed by atoms with Gasteiger partial charge in [0.2, 0.25) is 0 Å². The van der Waals surface area contributed by atoms with Gasteiger partial charge in [-0.2, -0.15) is 0 Å². The van der Waals surface area contributed by atoms with Crippen molar-refractivity contribution < 1.29 is 23.9 Å². The Hall–Kier alpha value is -0.0100. The van der Waals surface area contributed by atoms with E-state index in [9.17, 15) is 14.4 Å². The zero-order valence-electron chi connectivity index (χ0n) is 14.5. The number of hydrogen-bond acceptors (Lipinski definition) is 5. The average Bonchev–Trinajstić information content (AvgIpc) is 2.85. The zero-order valence-corrected chi connectivity index (χ0v) is 15.3. The van der Waals surface area contributed by atoms with Crippen LogP contribution < -0.4 is 0 Å². The third kappa shape index (κ3) is 5.57. The van der Waals surface area contributed by atoms with Crippen LogP contribution >= 0.6 is 0 Å². The molecule has 22 heavy (non-hydrogen) atoms. The van der Waals surface area contributed by atoms with Crippen molar-refractivity contribution in [3.8, 4) is 0 Å². The SMILES string of the molecule is CCCC1(C[C@H](O)[C@@H](C)[C@H](O)C[S@@](=O)C(C)(C)C)OCCO1. The quantitative estimate of drug-likeness (QED) is 0.707. The monoisotopic (exact) mass is 336 g/mol. The van der Waals surface area contributed by atoms with Gasteiger partial charge >= 0.3 is 0 Å². The number of aliphatic hydroxyl groups is 2. The molecule has 0 aromatic carbocycles. The van der Waals surface area contributed by atoms with Gasteiger partial charge in [-0.15, -0.1) is 0 Å². The minimum absolute atomic E-state index is 0.171. The second-order valence-electron chi connectivity index (χ2n) is 7.18. The molecule has 0 radical (unpaired) electrons. The lowest BCUT2D eigenvalue weighted by molar-refractivity contribution is -0.188. The van der Waals surface area contributed by atoms with Gasteiger partial charge in [0.1, 0.15) is 0 Å². The molecule has 0 spiro atoms. The lowest BCUT2D eigenvalue weighted by atomic mass is 9.91. The summed E-state index contributed by atoms with van der Waals surface area (Å²) in [5.74, 6) is -0.942. The highest BCUT2D eigenvalue weighted by Gasteiger charge is 2.40. The fraction of sp³-hybridized carbons (Fsp3) is 1.00. The predicted octanol–water partition coefficient (Wildman–Crippen LogP) is 1.82. The summed E-state index contributed by atoms with van der Waals surface area (Å²) in [5.41, 5.74) is 0. The van der Waals surface area contributed by atoms with Crippen molar-refractivity contribution in [2.24, 2.45) is 5.92 Å². The predicted molar refractivity (Wildman–Crippen MR) is 88.1 cm³/mol. The summed E-state index contributed by atoms with van der Waals surface area (Å²) >= 11 is 0. The maximum Gasteiger partial charge on any atom is 0.170 e. The minimum Gasteiger partial charge on any atom is -0.393 e. The smallest absolute Gasteiger partial charge is 0.170 e. The second-order valence-corrected chi connectivity index (χ2v) is 9.43. The number of ether oxygens (including phenoxy) is 2. The standard InChI is InChI=1S/C16H32O5S/c1-6-7-16(20-8-9-21-16)10-13(17)12(2)14(18)11-22(19)15(3,4)5/h12-14,17-18H,6-11H2,1-5H3/t12-,13+,14-,22-/m1/s1. The molecule has 0 unspecified atom stereocenters. The van der Waals surface area contributed by atoms with E-state index in [0.717, 1.165) is 12.8 Å². The first kappa shape index (κ1) is 20.0. The third-order valence-electron chi connectivity index (χ3n) is 4.18. The van der Waals surface area contributed by atoms with Gasteiger partial charge in [-0.25, -0.2) is 0 Å². The fourth-order valence-electron chi connectivity index (χ4n) is 2.56. The molecule has 1 rings (SSSR count). The van der Waals surface area contributed by atoms with Crippen LogP contribution in [0.5, 0.6) is 0 Å². The van der Waals surface area contributed by atoms with Crippen LogP contribution in [0.25, 0.3) is 0 Å². The molecule has 1 saturated heterocycles. The number of aliphatic hydroxyl groups excluding tert-OH is 2. The third-order valence-corrected chi connectivity index (χ3v) is 6.19. The maximum absolute atomic E-state index is 12.1. The van der Waals surface area contributed by atoms with Crippen LogP contribution in [-0.2, 0) is 20.3 Å². The topological polar surface area (TPSA) is 76.0 Å². The highest BCUT2D eigenvalue weighted by molar-refractivity contribution is 7.86. The molecule has 1 aliphatic rings. The Morgan fingerprint density at radius 3 is 2.18 bits per heavy atom. The first-order chi connectivity index (χ1) is 10.1. The molecule has 1 aliphatic heterocycles. The van der Waals surface area contributed by atoms with Crippen molar-refractivity contribution in [3.63, 3.8) is 0 Å². The van der Waals surface area contributed by atoms with E-state index in [1.54, 1.807) is 6.92 Å². The highest BCUT2D eigenvalue weighted by Crippen LogP contribution is 2.32. The van der Waals surface area contributed by atoms with Crippen molar-refractivity contribution in [1.29, 1.82) is 0 Å². The maximum atomic E-state index is 12.1. The van der Waals surface area contributed by atoms with Gasteiger partial charge in [-0.3, -0.25) is 4.21 Å². The van der Waals surface area contributed by atoms with E-state index in [-0.39, 0.29) is 16.4 Å². The van der Waals surface area contributed by atoms with Gasteiger partial charge in [0.25, 0.3) is 0 Å². The van der Waals surface area contributed by atoms with Crippen molar-refractivity contribution in [3.05, 3.63) is 0 Å². The molecular weight excluding hydrogens is 304 g/mol. The lowest BCUT2D eigenvalue weighted by Gasteiger charge is -2.33. The molecule has 4 atom stereocenters. The van der Waals surface area contributed by atoms with Crippen LogP contribution in [0.3, 0.4) is 0 Å². The van der Waals surface area contributed by atoms with Gasteiger partial charge < -0.3 is 19.7 Å². The summed E-state index contributed by atoms with van der Waals surface area (Å²) < 4.78 is 23.2. The molecule has 1 heterocycles. The van der Waals surface area contributed by atoms with Crippen LogP contribution in [0.4, 0.5) is 0 Å². The molecule has 1 fully saturated rings. The molecule has 0 saturated carbocycles. The number of hydrogen-bond donors (Lipinski definition) is 2. The summed E-state index contributed by atoms with van der Waals surface area (Å²) in [7, 11) is -1.15. The van der Waals surface area contributed by atoms with E-state index in [4.69, 9.17) is 9.47 Å². The van der Waals surface area contributed by atoms with Crippen molar-refractivity contribution >= 4 is 10.8 Å². The molecular formula is C16H32O5S. The van der Waals surface area contributed by atoms with Crippen molar-refractivity contribution in [1.82, 2.24) is 0 Å². The van der Waals surface area contributed by atoms with E-state index >= 15 is 0 Å². The molecule has 6 heteroatoms. The Morgan fingerprint density at radius 1 is 1.18 bits per heavy atom. The largest absolute Gasteiger partial charge is 0.393 e. The van der Waals surface area contributed by atoms with Crippen LogP contribution in [0.1, 0.15) is 53.9 Å². The van der Waals surface area contributed by atoms with E-state index in [1.165, 1.54) is 0 Å². The molecule has 5 nitrogen and oxygen atoms in total. The molecule has 0 amide bonds. The van der Waals surface area contributed by atoms with Gasteiger partial charge in [0, 0.05) is 34.3 Å². The normalized spacial score (nSPS) is 24.0. The van der Waals surface area contributed by atoms with E-state index < -0.39 is 28.8 Å². The molecule has 0 aliphatic carbocycles. The molecule has 132 valence electrons. The van der Waals surface area contributed by atoms with E-state index in [0.29, 0.717) is 19.6 Å². The Labute approximate surface area is 136 Å². The second kappa shape index (κ2) is 8.20. The van der Waals surface area contributed by atoms with Gasteiger partial charge in [0.15, 0.2) is 5.79 Å². The van der Waals surface area contributed by atoms with E-state index in [2.05, 4.69) is 0 Å². The summed E-state index contributed by atoms with van der Waals surface area (Å²) in [6, 6.07) is 0. The summed E-state index contributed by atoms with van der Waals surface area (Å²) in [5, 5.41) is 20.7.